The van der Waals surface area contributed by atoms with Crippen LogP contribution in [-0.2, 0) is 0 Å². The zero-order valence-corrected chi connectivity index (χ0v) is 15.0. The van der Waals surface area contributed by atoms with Gasteiger partial charge in [0.15, 0.2) is 0 Å². The molecule has 0 fully saturated rings. The van der Waals surface area contributed by atoms with Crippen LogP contribution in [0.1, 0.15) is 34.6 Å². The summed E-state index contributed by atoms with van der Waals surface area (Å²) in [7, 11) is 1.49. The van der Waals surface area contributed by atoms with Crippen LogP contribution in [0.3, 0.4) is 0 Å². The van der Waals surface area contributed by atoms with Gasteiger partial charge in [-0.3, -0.25) is 4.79 Å². The van der Waals surface area contributed by atoms with E-state index in [9.17, 15) is 9.59 Å². The number of aromatic carboxylic acids is 1. The molecule has 2 N–H and O–H groups in total. The Bertz CT molecular complexity index is 763. The molecule has 0 unspecified atom stereocenters. The second-order valence-corrected chi connectivity index (χ2v) is 6.67. The molecule has 0 aliphatic heterocycles. The number of carboxylic acid groups (broad SMARTS) is 1. The van der Waals surface area contributed by atoms with E-state index in [0.29, 0.717) is 22.4 Å². The lowest BCUT2D eigenvalue weighted by atomic mass is 10.2. The van der Waals surface area contributed by atoms with Crippen molar-refractivity contribution in [3.63, 3.8) is 0 Å². The Morgan fingerprint density at radius 1 is 1.28 bits per heavy atom. The lowest BCUT2D eigenvalue weighted by Gasteiger charge is -2.09. The molecule has 2 heterocycles. The predicted octanol–water partition coefficient (Wildman–Crippen LogP) is 3.18. The van der Waals surface area contributed by atoms with Gasteiger partial charge in [0.1, 0.15) is 10.8 Å². The summed E-state index contributed by atoms with van der Waals surface area (Å²) >= 11 is 1.55. The van der Waals surface area contributed by atoms with Gasteiger partial charge in [-0.1, -0.05) is 13.8 Å². The van der Waals surface area contributed by atoms with E-state index in [1.54, 1.807) is 23.9 Å². The first kappa shape index (κ1) is 18.7. The number of amides is 1. The number of ether oxygens (including phenoxy) is 1. The maximum absolute atomic E-state index is 12.4. The van der Waals surface area contributed by atoms with Crippen molar-refractivity contribution in [2.45, 2.75) is 18.9 Å². The van der Waals surface area contributed by atoms with E-state index in [1.807, 2.05) is 0 Å². The highest BCUT2D eigenvalue weighted by molar-refractivity contribution is 7.99. The summed E-state index contributed by atoms with van der Waals surface area (Å²) in [6.45, 7) is 4.21. The van der Waals surface area contributed by atoms with Crippen molar-refractivity contribution >= 4 is 29.5 Å². The van der Waals surface area contributed by atoms with E-state index in [4.69, 9.17) is 9.84 Å². The monoisotopic (exact) mass is 361 g/mol. The molecule has 7 nitrogen and oxygen atoms in total. The molecule has 0 saturated carbocycles. The highest BCUT2D eigenvalue weighted by Gasteiger charge is 2.13. The first-order valence-corrected chi connectivity index (χ1v) is 8.57. The number of nitrogens with zero attached hydrogens (tertiary/aromatic N) is 2. The molecule has 0 saturated heterocycles. The van der Waals surface area contributed by atoms with Gasteiger partial charge < -0.3 is 15.2 Å². The second-order valence-electron chi connectivity index (χ2n) is 5.63. The standard InChI is InChI=1S/C17H19N3O4S/c1-10(2)9-25-15-7-12(6-14(20-15)24-3)16(21)19-13-5-4-11(8-18-13)17(22)23/h4-8,10H,9H2,1-3H3,(H,22,23)(H,18,19,21). The van der Waals surface area contributed by atoms with Gasteiger partial charge >= 0.3 is 5.97 Å². The average molecular weight is 361 g/mol. The Balaban J connectivity index is 2.16. The third-order valence-electron chi connectivity index (χ3n) is 3.07. The number of pyridine rings is 2. The fourth-order valence-corrected chi connectivity index (χ4v) is 2.69. The van der Waals surface area contributed by atoms with Gasteiger partial charge in [-0.05, 0) is 24.1 Å². The predicted molar refractivity (Wildman–Crippen MR) is 95.5 cm³/mol. The van der Waals surface area contributed by atoms with Crippen LogP contribution in [-0.4, -0.2) is 39.8 Å². The molecule has 0 aromatic carbocycles. The van der Waals surface area contributed by atoms with Crippen molar-refractivity contribution < 1.29 is 19.4 Å². The third-order valence-corrected chi connectivity index (χ3v) is 4.40. The molecule has 1 amide bonds. The van der Waals surface area contributed by atoms with Crippen molar-refractivity contribution in [2.24, 2.45) is 5.92 Å². The molecule has 0 bridgehead atoms. The Labute approximate surface area is 149 Å². The number of rotatable bonds is 7. The summed E-state index contributed by atoms with van der Waals surface area (Å²) in [5, 5.41) is 12.2. The van der Waals surface area contributed by atoms with E-state index >= 15 is 0 Å². The Morgan fingerprint density at radius 2 is 2.04 bits per heavy atom. The van der Waals surface area contributed by atoms with Crippen LogP contribution in [0.5, 0.6) is 5.88 Å². The minimum atomic E-state index is -1.07. The highest BCUT2D eigenvalue weighted by atomic mass is 32.2. The number of carbonyl (C=O) groups is 2. The number of thioether (sulfide) groups is 1. The lowest BCUT2D eigenvalue weighted by molar-refractivity contribution is 0.0696. The molecule has 0 aliphatic carbocycles. The van der Waals surface area contributed by atoms with Crippen LogP contribution in [0.2, 0.25) is 0 Å². The molecule has 0 radical (unpaired) electrons. The minimum absolute atomic E-state index is 0.0518. The Hall–Kier alpha value is -2.61. The maximum atomic E-state index is 12.4. The van der Waals surface area contributed by atoms with Gasteiger partial charge in [-0.25, -0.2) is 14.8 Å². The number of anilines is 1. The fourth-order valence-electron chi connectivity index (χ4n) is 1.83. The molecule has 0 spiro atoms. The number of hydrogen-bond acceptors (Lipinski definition) is 6. The molecular formula is C17H19N3O4S. The number of methoxy groups -OCH3 is 1. The van der Waals surface area contributed by atoms with E-state index in [-0.39, 0.29) is 17.3 Å². The van der Waals surface area contributed by atoms with Gasteiger partial charge in [0.25, 0.3) is 5.91 Å². The molecule has 0 aliphatic rings. The zero-order chi connectivity index (χ0) is 18.4. The van der Waals surface area contributed by atoms with Crippen molar-refractivity contribution in [1.29, 1.82) is 0 Å². The van der Waals surface area contributed by atoms with Gasteiger partial charge in [-0.15, -0.1) is 11.8 Å². The zero-order valence-electron chi connectivity index (χ0n) is 14.1. The Kier molecular flexibility index (Phi) is 6.35. The van der Waals surface area contributed by atoms with Gasteiger partial charge in [0.2, 0.25) is 5.88 Å². The first-order valence-electron chi connectivity index (χ1n) is 7.58. The van der Waals surface area contributed by atoms with Gasteiger partial charge in [0.05, 0.1) is 12.7 Å². The summed E-state index contributed by atoms with van der Waals surface area (Å²) in [6.07, 6.45) is 1.19. The Morgan fingerprint density at radius 3 is 2.60 bits per heavy atom. The van der Waals surface area contributed by atoms with Gasteiger partial charge in [-0.2, -0.15) is 0 Å². The van der Waals surface area contributed by atoms with Crippen LogP contribution in [0.15, 0.2) is 35.5 Å². The quantitative estimate of drug-likeness (QED) is 0.730. The number of carbonyl (C=O) groups excluding carboxylic acids is 1. The van der Waals surface area contributed by atoms with E-state index in [2.05, 4.69) is 29.1 Å². The van der Waals surface area contributed by atoms with Crippen molar-refractivity contribution in [3.05, 3.63) is 41.6 Å². The molecule has 2 rings (SSSR count). The average Bonchev–Trinajstić information content (AvgIpc) is 2.60. The van der Waals surface area contributed by atoms with Crippen molar-refractivity contribution in [2.75, 3.05) is 18.2 Å². The number of nitrogens with one attached hydrogen (secondary N) is 1. The van der Waals surface area contributed by atoms with E-state index in [0.717, 1.165) is 5.75 Å². The maximum Gasteiger partial charge on any atom is 0.337 e. The van der Waals surface area contributed by atoms with Crippen molar-refractivity contribution in [1.82, 2.24) is 9.97 Å². The topological polar surface area (TPSA) is 101 Å². The number of hydrogen-bond donors (Lipinski definition) is 2. The van der Waals surface area contributed by atoms with Crippen LogP contribution in [0.25, 0.3) is 0 Å². The summed E-state index contributed by atoms with van der Waals surface area (Å²) in [5.74, 6) is 0.542. The summed E-state index contributed by atoms with van der Waals surface area (Å²) < 4.78 is 5.16. The van der Waals surface area contributed by atoms with Crippen LogP contribution >= 0.6 is 11.8 Å². The third kappa shape index (κ3) is 5.46. The summed E-state index contributed by atoms with van der Waals surface area (Å²) in [4.78, 5) is 31.5. The van der Waals surface area contributed by atoms with E-state index in [1.165, 1.54) is 25.4 Å². The van der Waals surface area contributed by atoms with Crippen molar-refractivity contribution in [3.8, 4) is 5.88 Å². The molecule has 0 atom stereocenters. The smallest absolute Gasteiger partial charge is 0.337 e. The fraction of sp³-hybridized carbons (Fsp3) is 0.294. The number of carboxylic acids is 1. The largest absolute Gasteiger partial charge is 0.481 e. The normalized spacial score (nSPS) is 10.6. The SMILES string of the molecule is COc1cc(C(=O)Nc2ccc(C(=O)O)cn2)cc(SCC(C)C)n1. The number of aromatic nitrogens is 2. The second kappa shape index (κ2) is 8.48. The molecule has 2 aromatic heterocycles. The summed E-state index contributed by atoms with van der Waals surface area (Å²) in [6, 6.07) is 6.05. The minimum Gasteiger partial charge on any atom is -0.481 e. The lowest BCUT2D eigenvalue weighted by Crippen LogP contribution is -2.14. The first-order chi connectivity index (χ1) is 11.9. The highest BCUT2D eigenvalue weighted by Crippen LogP contribution is 2.23. The molecule has 132 valence electrons. The van der Waals surface area contributed by atoms with E-state index < -0.39 is 5.97 Å². The van der Waals surface area contributed by atoms with Crippen LogP contribution in [0, 0.1) is 5.92 Å². The van der Waals surface area contributed by atoms with Crippen LogP contribution in [0.4, 0.5) is 5.82 Å². The summed E-state index contributed by atoms with van der Waals surface area (Å²) in [5.41, 5.74) is 0.443. The molecule has 2 aromatic rings. The van der Waals surface area contributed by atoms with Gasteiger partial charge in [0, 0.05) is 23.6 Å². The molecule has 8 heteroatoms. The molecule has 25 heavy (non-hydrogen) atoms. The van der Waals surface area contributed by atoms with Crippen LogP contribution < -0.4 is 10.1 Å². The molecular weight excluding hydrogens is 342 g/mol.